The number of ether oxygens (including phenoxy) is 2. The van der Waals surface area contributed by atoms with E-state index in [1.165, 1.54) is 0 Å². The second-order valence-electron chi connectivity index (χ2n) is 6.55. The summed E-state index contributed by atoms with van der Waals surface area (Å²) in [5, 5.41) is 14.2. The summed E-state index contributed by atoms with van der Waals surface area (Å²) in [5.41, 5.74) is 13.8. The van der Waals surface area contributed by atoms with Crippen LogP contribution in [0.15, 0.2) is 39.6 Å². The molecule has 1 rings (SSSR count). The van der Waals surface area contributed by atoms with Gasteiger partial charge in [-0.25, -0.2) is 0 Å². The average Bonchev–Trinajstić information content (AvgIpc) is 2.72. The predicted molar refractivity (Wildman–Crippen MR) is 117 cm³/mol. The second kappa shape index (κ2) is 14.9. The molecular weight excluding hydrogens is 388 g/mol. The molecule has 0 unspecified atom stereocenters. The number of oxime groups is 1. The Hall–Kier alpha value is -2.98. The molecule has 30 heavy (non-hydrogen) atoms. The van der Waals surface area contributed by atoms with Gasteiger partial charge in [0.05, 0.1) is 32.1 Å². The maximum atomic E-state index is 11.9. The summed E-state index contributed by atoms with van der Waals surface area (Å²) in [7, 11) is 0. The predicted octanol–water partition coefficient (Wildman–Crippen LogP) is 1.14. The number of benzene rings is 1. The zero-order chi connectivity index (χ0) is 22.2. The van der Waals surface area contributed by atoms with Crippen LogP contribution in [0.4, 0.5) is 0 Å². The Kier molecular flexibility index (Phi) is 12.5. The number of amidine groups is 2. The fourth-order valence-electron chi connectivity index (χ4n) is 2.03. The quantitative estimate of drug-likeness (QED) is 0.178. The summed E-state index contributed by atoms with van der Waals surface area (Å²) in [6, 6.07) is 7.35. The Bertz CT molecular complexity index is 723. The first-order chi connectivity index (χ1) is 14.4. The molecule has 0 spiro atoms. The van der Waals surface area contributed by atoms with Crippen LogP contribution in [0.2, 0.25) is 0 Å². The summed E-state index contributed by atoms with van der Waals surface area (Å²) >= 11 is 0. The van der Waals surface area contributed by atoms with Gasteiger partial charge in [-0.1, -0.05) is 29.4 Å². The molecule has 166 valence electrons. The lowest BCUT2D eigenvalue weighted by Gasteiger charge is -2.08. The Balaban J connectivity index is 2.13. The number of hydrogen-bond donors (Lipinski definition) is 3. The zero-order valence-corrected chi connectivity index (χ0v) is 17.9. The van der Waals surface area contributed by atoms with Crippen LogP contribution < -0.4 is 16.8 Å². The highest BCUT2D eigenvalue weighted by Crippen LogP contribution is 2.04. The van der Waals surface area contributed by atoms with Crippen LogP contribution in [0.1, 0.15) is 38.3 Å². The summed E-state index contributed by atoms with van der Waals surface area (Å²) in [6.07, 6.45) is 0.280. The number of nitrogens with zero attached hydrogens (tertiary/aromatic N) is 3. The first-order valence-corrected chi connectivity index (χ1v) is 9.66. The first-order valence-electron chi connectivity index (χ1n) is 9.66. The third-order valence-electron chi connectivity index (χ3n) is 3.47. The fourth-order valence-corrected chi connectivity index (χ4v) is 2.03. The molecule has 0 aliphatic carbocycles. The number of rotatable bonds is 14. The highest BCUT2D eigenvalue weighted by Gasteiger charge is 2.03. The number of amides is 1. The summed E-state index contributed by atoms with van der Waals surface area (Å²) in [6.45, 7) is 7.78. The third-order valence-corrected chi connectivity index (χ3v) is 3.47. The van der Waals surface area contributed by atoms with E-state index < -0.39 is 0 Å². The molecule has 1 amide bonds. The number of nitrogens with two attached hydrogens (primary N) is 2. The van der Waals surface area contributed by atoms with E-state index in [9.17, 15) is 4.79 Å². The first kappa shape index (κ1) is 25.1. The molecule has 0 aromatic heterocycles. The van der Waals surface area contributed by atoms with Gasteiger partial charge in [0.15, 0.2) is 5.84 Å². The molecular formula is C20H32N6O4. The van der Waals surface area contributed by atoms with E-state index in [4.69, 9.17) is 25.8 Å². The van der Waals surface area contributed by atoms with Gasteiger partial charge >= 0.3 is 0 Å². The van der Waals surface area contributed by atoms with Crippen LogP contribution in [0.3, 0.4) is 0 Å². The van der Waals surface area contributed by atoms with Crippen LogP contribution in [-0.4, -0.2) is 56.3 Å². The molecule has 0 heterocycles. The fraction of sp³-hybridized carbons (Fsp3) is 0.500. The normalized spacial score (nSPS) is 11.8. The number of nitrogens with one attached hydrogen (secondary N) is 1. The van der Waals surface area contributed by atoms with Crippen LogP contribution in [-0.2, 0) is 25.7 Å². The average molecular weight is 421 g/mol. The number of carbonyl (C=O) groups excluding carboxylic acids is 1. The van der Waals surface area contributed by atoms with Gasteiger partial charge in [0.25, 0.3) is 0 Å². The maximum Gasteiger partial charge on any atom is 0.222 e. The zero-order valence-electron chi connectivity index (χ0n) is 17.9. The van der Waals surface area contributed by atoms with Gasteiger partial charge in [-0.05, 0) is 26.3 Å². The van der Waals surface area contributed by atoms with Crippen LogP contribution in [0.5, 0.6) is 0 Å². The van der Waals surface area contributed by atoms with E-state index in [1.54, 1.807) is 6.92 Å². The minimum Gasteiger partial charge on any atom is -0.393 e. The Morgan fingerprint density at radius 3 is 2.20 bits per heavy atom. The van der Waals surface area contributed by atoms with Crippen molar-refractivity contribution in [3.63, 3.8) is 0 Å². The highest BCUT2D eigenvalue weighted by atomic mass is 16.6. The topological polar surface area (TPSA) is 146 Å². The minimum absolute atomic E-state index is 0.0879. The van der Waals surface area contributed by atoms with Gasteiger partial charge < -0.3 is 31.1 Å². The van der Waals surface area contributed by atoms with Gasteiger partial charge in [-0.15, -0.1) is 10.2 Å². The van der Waals surface area contributed by atoms with Crippen molar-refractivity contribution in [1.82, 2.24) is 5.32 Å². The van der Waals surface area contributed by atoms with Crippen LogP contribution in [0, 0.1) is 0 Å². The van der Waals surface area contributed by atoms with Crippen molar-refractivity contribution in [3.8, 4) is 0 Å². The molecule has 5 N–H and O–H groups in total. The van der Waals surface area contributed by atoms with E-state index in [0.717, 1.165) is 16.8 Å². The maximum absolute atomic E-state index is 11.9. The molecule has 0 atom stereocenters. The van der Waals surface area contributed by atoms with Crippen molar-refractivity contribution in [1.29, 1.82) is 0 Å². The van der Waals surface area contributed by atoms with E-state index >= 15 is 0 Å². The van der Waals surface area contributed by atoms with Crippen molar-refractivity contribution >= 4 is 23.3 Å². The van der Waals surface area contributed by atoms with Gasteiger partial charge in [0.1, 0.15) is 12.4 Å². The standard InChI is InChI=1S/C20H32N6O4/c1-15(2)26-30-13-12-29-11-10-28-9-8-19(27)23-14-17-4-6-18(7-5-17)20(22)25-24-16(3)21/h4-7H,8-14H2,1-3H3,(H2,21,24)(H2,22,25)(H,23,27). The molecule has 0 fully saturated rings. The Labute approximate surface area is 177 Å². The summed E-state index contributed by atoms with van der Waals surface area (Å²) in [4.78, 5) is 16.9. The minimum atomic E-state index is -0.0879. The molecule has 0 saturated heterocycles. The van der Waals surface area contributed by atoms with E-state index in [-0.39, 0.29) is 18.2 Å². The van der Waals surface area contributed by atoms with Crippen molar-refractivity contribution in [2.24, 2.45) is 26.8 Å². The third kappa shape index (κ3) is 12.5. The number of carbonyl (C=O) groups is 1. The monoisotopic (exact) mass is 420 g/mol. The molecule has 10 heteroatoms. The van der Waals surface area contributed by atoms with Crippen molar-refractivity contribution in [2.75, 3.05) is 33.0 Å². The lowest BCUT2D eigenvalue weighted by atomic mass is 10.1. The van der Waals surface area contributed by atoms with Crippen LogP contribution >= 0.6 is 0 Å². The SMILES string of the molecule is CC(C)=NOCCOCCOCCC(=O)NCc1ccc(/C(N)=N/N=C(/C)N)cc1. The summed E-state index contributed by atoms with van der Waals surface area (Å²) < 4.78 is 10.7. The van der Waals surface area contributed by atoms with Gasteiger partial charge in [-0.2, -0.15) is 0 Å². The smallest absolute Gasteiger partial charge is 0.222 e. The Morgan fingerprint density at radius 1 is 0.933 bits per heavy atom. The molecule has 0 saturated carbocycles. The summed E-state index contributed by atoms with van der Waals surface area (Å²) in [5.74, 6) is 0.514. The molecule has 0 aliphatic rings. The number of hydrogen-bond acceptors (Lipinski definition) is 7. The van der Waals surface area contributed by atoms with Gasteiger partial charge in [-0.3, -0.25) is 4.79 Å². The highest BCUT2D eigenvalue weighted by molar-refractivity contribution is 5.97. The van der Waals surface area contributed by atoms with E-state index in [1.807, 2.05) is 38.1 Å². The molecule has 1 aromatic rings. The van der Waals surface area contributed by atoms with Crippen molar-refractivity contribution in [2.45, 2.75) is 33.7 Å². The second-order valence-corrected chi connectivity index (χ2v) is 6.55. The lowest BCUT2D eigenvalue weighted by Crippen LogP contribution is -2.24. The van der Waals surface area contributed by atoms with Crippen LogP contribution in [0.25, 0.3) is 0 Å². The molecule has 10 nitrogen and oxygen atoms in total. The molecule has 0 bridgehead atoms. The largest absolute Gasteiger partial charge is 0.393 e. The van der Waals surface area contributed by atoms with Crippen molar-refractivity contribution < 1.29 is 19.1 Å². The molecule has 0 radical (unpaired) electrons. The van der Waals surface area contributed by atoms with E-state index in [0.29, 0.717) is 45.4 Å². The van der Waals surface area contributed by atoms with E-state index in [2.05, 4.69) is 20.7 Å². The van der Waals surface area contributed by atoms with Gasteiger partial charge in [0, 0.05) is 18.5 Å². The lowest BCUT2D eigenvalue weighted by molar-refractivity contribution is -0.122. The Morgan fingerprint density at radius 2 is 1.57 bits per heavy atom. The van der Waals surface area contributed by atoms with Gasteiger partial charge in [0.2, 0.25) is 5.91 Å². The van der Waals surface area contributed by atoms with Crippen molar-refractivity contribution in [3.05, 3.63) is 35.4 Å². The molecule has 1 aromatic carbocycles. The molecule has 0 aliphatic heterocycles.